The number of imide groups is 1. The molecule has 2 fully saturated rings. The van der Waals surface area contributed by atoms with Crippen molar-refractivity contribution in [3.63, 3.8) is 0 Å². The molecule has 0 radical (unpaired) electrons. The second-order valence-corrected chi connectivity index (χ2v) is 5.59. The van der Waals surface area contributed by atoms with E-state index in [1.54, 1.807) is 4.90 Å². The minimum atomic E-state index is -0.787. The van der Waals surface area contributed by atoms with Crippen LogP contribution in [0.3, 0.4) is 0 Å². The molecule has 2 aliphatic heterocycles. The molecule has 4 amide bonds. The zero-order chi connectivity index (χ0) is 14.0. The van der Waals surface area contributed by atoms with Gasteiger partial charge in [-0.15, -0.1) is 0 Å². The van der Waals surface area contributed by atoms with Crippen LogP contribution in [0.15, 0.2) is 0 Å². The molecule has 0 aromatic heterocycles. The van der Waals surface area contributed by atoms with E-state index in [1.165, 1.54) is 0 Å². The molecular formula is C13H21N3O3. The lowest BCUT2D eigenvalue weighted by Crippen LogP contribution is -2.55. The number of amides is 4. The highest BCUT2D eigenvalue weighted by atomic mass is 16.2. The number of carbonyl (C=O) groups is 3. The van der Waals surface area contributed by atoms with Crippen molar-refractivity contribution < 1.29 is 14.4 Å². The summed E-state index contributed by atoms with van der Waals surface area (Å²) in [5.41, 5.74) is -0.787. The van der Waals surface area contributed by atoms with Gasteiger partial charge in [0, 0.05) is 19.5 Å². The van der Waals surface area contributed by atoms with Crippen LogP contribution in [0.2, 0.25) is 0 Å². The van der Waals surface area contributed by atoms with E-state index in [-0.39, 0.29) is 11.8 Å². The minimum absolute atomic E-state index is 0.147. The summed E-state index contributed by atoms with van der Waals surface area (Å²) in [5.74, 6) is 0.276. The van der Waals surface area contributed by atoms with Crippen molar-refractivity contribution in [1.82, 2.24) is 15.5 Å². The van der Waals surface area contributed by atoms with Crippen LogP contribution in [-0.4, -0.2) is 41.4 Å². The van der Waals surface area contributed by atoms with Gasteiger partial charge >= 0.3 is 6.03 Å². The molecule has 0 aromatic rings. The van der Waals surface area contributed by atoms with Gasteiger partial charge in [0.2, 0.25) is 5.91 Å². The molecule has 1 unspecified atom stereocenters. The standard InChI is InChI=1S/C13H21N3O3/c1-3-9(2)8-10(17)16-6-4-13(5-7-16)11(18)14-12(19)15-13/h9H,3-8H2,1-2H3,(H2,14,15,18,19). The smallest absolute Gasteiger partial charge is 0.322 e. The van der Waals surface area contributed by atoms with Crippen LogP contribution in [0, 0.1) is 5.92 Å². The first-order valence-electron chi connectivity index (χ1n) is 6.88. The molecule has 19 heavy (non-hydrogen) atoms. The Bertz CT molecular complexity index is 400. The summed E-state index contributed by atoms with van der Waals surface area (Å²) in [6.45, 7) is 5.20. The topological polar surface area (TPSA) is 78.5 Å². The van der Waals surface area contributed by atoms with E-state index < -0.39 is 11.6 Å². The molecule has 2 heterocycles. The lowest BCUT2D eigenvalue weighted by Gasteiger charge is -2.37. The van der Waals surface area contributed by atoms with Gasteiger partial charge in [0.25, 0.3) is 5.91 Å². The van der Waals surface area contributed by atoms with E-state index in [4.69, 9.17) is 0 Å². The molecule has 2 saturated heterocycles. The van der Waals surface area contributed by atoms with Crippen molar-refractivity contribution in [2.45, 2.75) is 45.1 Å². The van der Waals surface area contributed by atoms with E-state index in [1.807, 2.05) is 0 Å². The number of rotatable bonds is 3. The minimum Gasteiger partial charge on any atom is -0.342 e. The predicted octanol–water partition coefficient (Wildman–Crippen LogP) is 0.623. The van der Waals surface area contributed by atoms with Crippen molar-refractivity contribution in [2.24, 2.45) is 5.92 Å². The Kier molecular flexibility index (Phi) is 3.78. The first kappa shape index (κ1) is 13.8. The summed E-state index contributed by atoms with van der Waals surface area (Å²) in [5, 5.41) is 4.96. The highest BCUT2D eigenvalue weighted by molar-refractivity contribution is 6.07. The quantitative estimate of drug-likeness (QED) is 0.736. The number of carbonyl (C=O) groups excluding carboxylic acids is 3. The Morgan fingerprint density at radius 2 is 2.00 bits per heavy atom. The zero-order valence-electron chi connectivity index (χ0n) is 11.5. The van der Waals surface area contributed by atoms with Gasteiger partial charge in [-0.3, -0.25) is 14.9 Å². The second kappa shape index (κ2) is 5.19. The van der Waals surface area contributed by atoms with Crippen LogP contribution in [0.25, 0.3) is 0 Å². The molecule has 106 valence electrons. The predicted molar refractivity (Wildman–Crippen MR) is 69.3 cm³/mol. The molecular weight excluding hydrogens is 246 g/mol. The third kappa shape index (κ3) is 2.72. The summed E-state index contributed by atoms with van der Waals surface area (Å²) >= 11 is 0. The molecule has 0 aliphatic carbocycles. The van der Waals surface area contributed by atoms with E-state index in [9.17, 15) is 14.4 Å². The maximum absolute atomic E-state index is 12.1. The van der Waals surface area contributed by atoms with Crippen molar-refractivity contribution in [3.05, 3.63) is 0 Å². The zero-order valence-corrected chi connectivity index (χ0v) is 11.5. The van der Waals surface area contributed by atoms with Crippen LogP contribution in [0.4, 0.5) is 4.79 Å². The van der Waals surface area contributed by atoms with Gasteiger partial charge in [0.15, 0.2) is 0 Å². The third-order valence-corrected chi connectivity index (χ3v) is 4.20. The summed E-state index contributed by atoms with van der Waals surface area (Å²) in [6, 6.07) is -0.426. The highest BCUT2D eigenvalue weighted by Crippen LogP contribution is 2.26. The molecule has 2 rings (SSSR count). The van der Waals surface area contributed by atoms with Gasteiger partial charge in [0.05, 0.1) is 0 Å². The molecule has 1 spiro atoms. The first-order valence-corrected chi connectivity index (χ1v) is 6.88. The number of likely N-dealkylation sites (tertiary alicyclic amines) is 1. The molecule has 2 aliphatic rings. The van der Waals surface area contributed by atoms with Crippen LogP contribution < -0.4 is 10.6 Å². The first-order chi connectivity index (χ1) is 8.97. The number of urea groups is 1. The molecule has 1 atom stereocenters. The lowest BCUT2D eigenvalue weighted by molar-refractivity contribution is -0.136. The maximum atomic E-state index is 12.1. The van der Waals surface area contributed by atoms with Crippen LogP contribution in [-0.2, 0) is 9.59 Å². The van der Waals surface area contributed by atoms with Crippen LogP contribution in [0.1, 0.15) is 39.5 Å². The average Bonchev–Trinajstić information content (AvgIpc) is 2.64. The lowest BCUT2D eigenvalue weighted by atomic mass is 9.87. The molecule has 2 N–H and O–H groups in total. The highest BCUT2D eigenvalue weighted by Gasteiger charge is 2.48. The fraction of sp³-hybridized carbons (Fsp3) is 0.769. The van der Waals surface area contributed by atoms with Crippen molar-refractivity contribution in [1.29, 1.82) is 0 Å². The normalized spacial score (nSPS) is 23.2. The monoisotopic (exact) mass is 267 g/mol. The maximum Gasteiger partial charge on any atom is 0.322 e. The van der Waals surface area contributed by atoms with Gasteiger partial charge in [-0.05, 0) is 18.8 Å². The fourth-order valence-electron chi connectivity index (χ4n) is 2.59. The van der Waals surface area contributed by atoms with E-state index in [2.05, 4.69) is 24.5 Å². The largest absolute Gasteiger partial charge is 0.342 e. The van der Waals surface area contributed by atoms with Crippen molar-refractivity contribution in [3.8, 4) is 0 Å². The number of hydrogen-bond acceptors (Lipinski definition) is 3. The van der Waals surface area contributed by atoms with E-state index in [0.29, 0.717) is 38.3 Å². The summed E-state index contributed by atoms with van der Waals surface area (Å²) in [6.07, 6.45) is 2.54. The Hall–Kier alpha value is -1.59. The molecule has 0 saturated carbocycles. The summed E-state index contributed by atoms with van der Waals surface area (Å²) in [4.78, 5) is 36.8. The molecule has 6 heteroatoms. The summed E-state index contributed by atoms with van der Waals surface area (Å²) in [7, 11) is 0. The number of nitrogens with one attached hydrogen (secondary N) is 2. The number of hydrogen-bond donors (Lipinski definition) is 2. The molecule has 0 bridgehead atoms. The number of nitrogens with zero attached hydrogens (tertiary/aromatic N) is 1. The second-order valence-electron chi connectivity index (χ2n) is 5.59. The third-order valence-electron chi connectivity index (χ3n) is 4.20. The van der Waals surface area contributed by atoms with E-state index in [0.717, 1.165) is 6.42 Å². The van der Waals surface area contributed by atoms with Gasteiger partial charge in [-0.1, -0.05) is 20.3 Å². The molecule has 0 aromatic carbocycles. The van der Waals surface area contributed by atoms with Gasteiger partial charge < -0.3 is 10.2 Å². The summed E-state index contributed by atoms with van der Waals surface area (Å²) < 4.78 is 0. The Morgan fingerprint density at radius 1 is 1.37 bits per heavy atom. The fourth-order valence-corrected chi connectivity index (χ4v) is 2.59. The average molecular weight is 267 g/mol. The Labute approximate surface area is 112 Å². The van der Waals surface area contributed by atoms with E-state index >= 15 is 0 Å². The van der Waals surface area contributed by atoms with Gasteiger partial charge in [0.1, 0.15) is 5.54 Å². The number of piperidine rings is 1. The van der Waals surface area contributed by atoms with Crippen molar-refractivity contribution >= 4 is 17.8 Å². The SMILES string of the molecule is CCC(C)CC(=O)N1CCC2(CC1)NC(=O)NC2=O. The van der Waals surface area contributed by atoms with Gasteiger partial charge in [-0.2, -0.15) is 0 Å². The van der Waals surface area contributed by atoms with Crippen molar-refractivity contribution in [2.75, 3.05) is 13.1 Å². The Balaban J connectivity index is 1.90. The van der Waals surface area contributed by atoms with Crippen LogP contribution in [0.5, 0.6) is 0 Å². The Morgan fingerprint density at radius 3 is 2.47 bits per heavy atom. The molecule has 6 nitrogen and oxygen atoms in total. The van der Waals surface area contributed by atoms with Crippen LogP contribution >= 0.6 is 0 Å². The van der Waals surface area contributed by atoms with Gasteiger partial charge in [-0.25, -0.2) is 4.79 Å².